The second-order valence-electron chi connectivity index (χ2n) is 25.4. The number of allylic oxidation sites excluding steroid dienone is 13. The zero-order chi connectivity index (χ0) is 62.1. The van der Waals surface area contributed by atoms with Crippen molar-refractivity contribution in [3.8, 4) is 0 Å². The number of rotatable bonds is 65. The lowest BCUT2D eigenvalue weighted by Gasteiger charge is -2.27. The van der Waals surface area contributed by atoms with Crippen molar-refractivity contribution in [1.82, 2.24) is 5.32 Å². The van der Waals surface area contributed by atoms with Crippen molar-refractivity contribution >= 4 is 19.7 Å². The Hall–Kier alpha value is -2.81. The van der Waals surface area contributed by atoms with Gasteiger partial charge in [0.15, 0.2) is 0 Å². The number of ether oxygens (including phenoxy) is 1. The van der Waals surface area contributed by atoms with Gasteiger partial charge in [-0.2, -0.15) is 0 Å². The maximum atomic E-state index is 13.6. The van der Waals surface area contributed by atoms with E-state index in [0.29, 0.717) is 23.9 Å². The van der Waals surface area contributed by atoms with Gasteiger partial charge in [-0.25, -0.2) is 4.57 Å². The number of likely N-dealkylation sites (N-methyl/N-ethyl adjacent to an activating group) is 1. The number of hydrogen-bond acceptors (Lipinski definition) is 6. The van der Waals surface area contributed by atoms with Crippen molar-refractivity contribution in [2.24, 2.45) is 0 Å². The van der Waals surface area contributed by atoms with Crippen LogP contribution in [0.1, 0.15) is 329 Å². The molecular weight excluding hydrogens is 1070 g/mol. The van der Waals surface area contributed by atoms with Gasteiger partial charge >= 0.3 is 13.8 Å². The Morgan fingerprint density at radius 1 is 0.424 bits per heavy atom. The first-order chi connectivity index (χ1) is 41.4. The van der Waals surface area contributed by atoms with Crippen LogP contribution in [0.2, 0.25) is 0 Å². The zero-order valence-electron chi connectivity index (χ0n) is 56.6. The van der Waals surface area contributed by atoms with Gasteiger partial charge in [0.2, 0.25) is 5.91 Å². The third-order valence-corrected chi connectivity index (χ3v) is 16.8. The summed E-state index contributed by atoms with van der Waals surface area (Å²) in [5, 5.41) is 3.07. The average molecular weight is 1210 g/mol. The van der Waals surface area contributed by atoms with Crippen LogP contribution < -0.4 is 5.32 Å². The molecule has 0 saturated heterocycles. The maximum absolute atomic E-state index is 13.6. The molecule has 10 heteroatoms. The highest BCUT2D eigenvalue weighted by Gasteiger charge is 2.30. The molecule has 0 saturated carbocycles. The Labute approximate surface area is 526 Å². The monoisotopic (exact) mass is 1210 g/mol. The Morgan fingerprint density at radius 2 is 0.753 bits per heavy atom. The van der Waals surface area contributed by atoms with Crippen molar-refractivity contribution in [3.05, 3.63) is 85.1 Å². The molecule has 0 aliphatic rings. The summed E-state index contributed by atoms with van der Waals surface area (Å²) in [6, 6.07) is -0.861. The Balaban J connectivity index is 5.12. The predicted molar refractivity (Wildman–Crippen MR) is 369 cm³/mol. The van der Waals surface area contributed by atoms with Crippen LogP contribution in [0.3, 0.4) is 0 Å². The summed E-state index contributed by atoms with van der Waals surface area (Å²) < 4.78 is 30.8. The third-order valence-electron chi connectivity index (χ3n) is 15.8. The van der Waals surface area contributed by atoms with Gasteiger partial charge in [-0.05, 0) is 102 Å². The highest BCUT2D eigenvalue weighted by atomic mass is 31.2. The molecule has 0 heterocycles. The van der Waals surface area contributed by atoms with Crippen LogP contribution in [0.4, 0.5) is 0 Å². The fourth-order valence-corrected chi connectivity index (χ4v) is 11.1. The molecule has 0 fully saturated rings. The van der Waals surface area contributed by atoms with Crippen LogP contribution in [0.5, 0.6) is 0 Å². The highest BCUT2D eigenvalue weighted by Crippen LogP contribution is 2.43. The molecular formula is C75H138N2O7P+. The molecule has 9 nitrogen and oxygen atoms in total. The van der Waals surface area contributed by atoms with E-state index in [4.69, 9.17) is 13.8 Å². The minimum absolute atomic E-state index is 0.0348. The Kier molecular flexibility index (Phi) is 62.1. The van der Waals surface area contributed by atoms with E-state index in [-0.39, 0.29) is 31.5 Å². The summed E-state index contributed by atoms with van der Waals surface area (Å²) in [7, 11) is 1.49. The van der Waals surface area contributed by atoms with Crippen LogP contribution in [-0.2, 0) is 27.9 Å². The number of esters is 1. The summed E-state index contributed by atoms with van der Waals surface area (Å²) in [5.74, 6) is -0.518. The Bertz CT molecular complexity index is 1730. The largest absolute Gasteiger partial charge is 0.472 e. The van der Waals surface area contributed by atoms with Gasteiger partial charge in [0.05, 0.1) is 33.8 Å². The second kappa shape index (κ2) is 64.2. The minimum atomic E-state index is -4.46. The predicted octanol–water partition coefficient (Wildman–Crippen LogP) is 22.9. The number of nitrogens with one attached hydrogen (secondary N) is 1. The molecule has 0 bridgehead atoms. The molecule has 3 unspecified atom stereocenters. The van der Waals surface area contributed by atoms with Crippen molar-refractivity contribution in [1.29, 1.82) is 0 Å². The van der Waals surface area contributed by atoms with Crippen LogP contribution in [0.25, 0.3) is 0 Å². The highest BCUT2D eigenvalue weighted by molar-refractivity contribution is 7.47. The number of amides is 1. The van der Waals surface area contributed by atoms with E-state index >= 15 is 0 Å². The van der Waals surface area contributed by atoms with Gasteiger partial charge in [-0.1, -0.05) is 299 Å². The molecule has 0 spiro atoms. The standard InChI is InChI=1S/C75H137N2O7P/c1-7-10-13-16-19-22-25-28-30-32-34-36-37-38-39-41-42-44-46-49-52-55-58-61-64-67-74(78)76-72(71-83-85(80,81)82-70-69-77(4,5)6)73(66-63-60-57-54-51-48-27-24-21-18-15-12-9-3)84-75(79)68-65-62-59-56-53-50-47-45-43-40-35-33-31-29-26-23-20-17-14-11-8-2/h11,14,20,23,28-31,35,40,45,47,63,66,72-73H,7-10,12-13,15-19,21-22,24-27,32-34,36-39,41-44,46,48-62,64-65,67-71H2,1-6H3,(H-,76,78,80,81)/p+1/b14-11-,23-20-,30-28+,31-29-,40-35-,47-45-,66-63-. The first-order valence-corrected chi connectivity index (χ1v) is 37.4. The maximum Gasteiger partial charge on any atom is 0.472 e. The lowest BCUT2D eigenvalue weighted by atomic mass is 10.0. The van der Waals surface area contributed by atoms with Crippen LogP contribution in [-0.4, -0.2) is 74.3 Å². The number of carbonyl (C=O) groups is 2. The molecule has 0 radical (unpaired) electrons. The summed E-state index contributed by atoms with van der Waals surface area (Å²) in [6.07, 6.45) is 85.9. The van der Waals surface area contributed by atoms with Crippen LogP contribution >= 0.6 is 7.82 Å². The number of hydrogen-bond donors (Lipinski definition) is 2. The normalized spacial score (nSPS) is 14.0. The van der Waals surface area contributed by atoms with Gasteiger partial charge in [-0.3, -0.25) is 18.6 Å². The zero-order valence-corrected chi connectivity index (χ0v) is 57.5. The van der Waals surface area contributed by atoms with E-state index in [9.17, 15) is 19.0 Å². The van der Waals surface area contributed by atoms with Gasteiger partial charge in [-0.15, -0.1) is 0 Å². The quantitative estimate of drug-likeness (QED) is 0.0205. The molecule has 1 amide bonds. The molecule has 0 aromatic carbocycles. The van der Waals surface area contributed by atoms with Crippen molar-refractivity contribution in [3.63, 3.8) is 0 Å². The fourth-order valence-electron chi connectivity index (χ4n) is 10.3. The minimum Gasteiger partial charge on any atom is -0.456 e. The second-order valence-corrected chi connectivity index (χ2v) is 26.8. The average Bonchev–Trinajstić information content (AvgIpc) is 3.48. The van der Waals surface area contributed by atoms with E-state index in [0.717, 1.165) is 103 Å². The lowest BCUT2D eigenvalue weighted by molar-refractivity contribution is -0.870. The van der Waals surface area contributed by atoms with E-state index in [1.165, 1.54) is 186 Å². The molecule has 0 aromatic heterocycles. The van der Waals surface area contributed by atoms with Crippen LogP contribution in [0.15, 0.2) is 85.1 Å². The van der Waals surface area contributed by atoms with Gasteiger partial charge in [0, 0.05) is 12.8 Å². The van der Waals surface area contributed by atoms with Crippen molar-refractivity contribution < 1.29 is 37.3 Å². The Morgan fingerprint density at radius 3 is 1.14 bits per heavy atom. The topological polar surface area (TPSA) is 111 Å². The number of phosphoric acid groups is 1. The van der Waals surface area contributed by atoms with Crippen LogP contribution in [0, 0.1) is 0 Å². The molecule has 0 aliphatic carbocycles. The van der Waals surface area contributed by atoms with Crippen molar-refractivity contribution in [2.45, 2.75) is 341 Å². The number of quaternary nitrogens is 1. The summed E-state index contributed by atoms with van der Waals surface area (Å²) in [4.78, 5) is 37.9. The van der Waals surface area contributed by atoms with Gasteiger partial charge in [0.25, 0.3) is 0 Å². The summed E-state index contributed by atoms with van der Waals surface area (Å²) in [6.45, 7) is 6.92. The first-order valence-electron chi connectivity index (χ1n) is 35.9. The summed E-state index contributed by atoms with van der Waals surface area (Å²) >= 11 is 0. The number of unbranched alkanes of at least 4 members (excludes halogenated alkanes) is 37. The molecule has 3 atom stereocenters. The van der Waals surface area contributed by atoms with Gasteiger partial charge in [0.1, 0.15) is 19.3 Å². The number of nitrogens with zero attached hydrogens (tertiary/aromatic N) is 1. The fraction of sp³-hybridized carbons (Fsp3) is 0.787. The SMILES string of the molecule is CC/C=C\C/C=C\C/C=C\C/C=C\C/C=C\CCCCCCCC(=O)OC(/C=C\CCCCCCCCCCCCC)C(COP(=O)(O)OCC[N+](C)(C)C)NC(=O)CCCCCCCCCCCCCCCCC/C=C/CCCCCCCC. The smallest absolute Gasteiger partial charge is 0.456 e. The number of carbonyl (C=O) groups excluding carboxylic acids is 2. The molecule has 0 rings (SSSR count). The number of phosphoric ester groups is 1. The molecule has 494 valence electrons. The lowest BCUT2D eigenvalue weighted by Crippen LogP contribution is -2.47. The third kappa shape index (κ3) is 65.5. The first kappa shape index (κ1) is 82.2. The van der Waals surface area contributed by atoms with E-state index in [2.05, 4.69) is 99.0 Å². The van der Waals surface area contributed by atoms with E-state index in [1.807, 2.05) is 33.3 Å². The molecule has 0 aromatic rings. The molecule has 2 N–H and O–H groups in total. The van der Waals surface area contributed by atoms with Gasteiger partial charge < -0.3 is 19.4 Å². The summed E-state index contributed by atoms with van der Waals surface area (Å²) in [5.41, 5.74) is 0. The van der Waals surface area contributed by atoms with E-state index < -0.39 is 20.0 Å². The molecule has 0 aliphatic heterocycles. The van der Waals surface area contributed by atoms with E-state index in [1.54, 1.807) is 0 Å². The molecule has 85 heavy (non-hydrogen) atoms. The van der Waals surface area contributed by atoms with Crippen molar-refractivity contribution in [2.75, 3.05) is 40.9 Å².